The molecule has 0 bridgehead atoms. The van der Waals surface area contributed by atoms with Gasteiger partial charge in [-0.3, -0.25) is 0 Å². The van der Waals surface area contributed by atoms with E-state index in [4.69, 9.17) is 0 Å². The number of hydrogen-bond acceptors (Lipinski definition) is 2. The second kappa shape index (κ2) is 2.42. The molecule has 0 unspecified atom stereocenters. The Morgan fingerprint density at radius 1 is 1.38 bits per heavy atom. The van der Waals surface area contributed by atoms with E-state index in [1.54, 1.807) is 4.57 Å². The van der Waals surface area contributed by atoms with Gasteiger partial charge in [-0.15, -0.1) is 10.2 Å². The Bertz CT molecular complexity index is 137. The minimum Gasteiger partial charge on any atom is -0.318 e. The van der Waals surface area contributed by atoms with Crippen LogP contribution in [0.1, 0.15) is 0 Å². The first-order valence-electron chi connectivity index (χ1n) is 2.34. The molecule has 0 aliphatic heterocycles. The van der Waals surface area contributed by atoms with E-state index in [-0.39, 0.29) is 6.61 Å². The number of rotatable bonds is 2. The third kappa shape index (κ3) is 1.04. The maximum atomic E-state index is 9.92. The molecule has 0 spiro atoms. The fourth-order valence-corrected chi connectivity index (χ4v) is 0.443. The highest BCUT2D eigenvalue weighted by molar-refractivity contribution is 4.58. The molecule has 4 heteroatoms. The summed E-state index contributed by atoms with van der Waals surface area (Å²) >= 11 is 0. The van der Waals surface area contributed by atoms with Crippen molar-refractivity contribution in [3.63, 3.8) is 0 Å². The summed E-state index contributed by atoms with van der Waals surface area (Å²) in [5.74, 6) is 0. The van der Waals surface area contributed by atoms with Crippen molar-refractivity contribution in [3.8, 4) is 0 Å². The molecule has 1 aromatic heterocycles. The average molecular weight is 112 g/mol. The van der Waals surface area contributed by atoms with Gasteiger partial charge in [-0.1, -0.05) is 0 Å². The van der Waals surface area contributed by atoms with Crippen LogP contribution in [0.25, 0.3) is 0 Å². The van der Waals surface area contributed by atoms with Gasteiger partial charge in [-0.05, 0) is 0 Å². The van der Waals surface area contributed by atoms with Gasteiger partial charge in [0.05, 0.1) is 6.54 Å². The zero-order valence-corrected chi connectivity index (χ0v) is 4.32. The van der Waals surface area contributed by atoms with Crippen molar-refractivity contribution in [2.75, 3.05) is 6.61 Å². The van der Waals surface area contributed by atoms with Crippen LogP contribution in [0, 0.1) is 0 Å². The lowest BCUT2D eigenvalue weighted by atomic mass is 10.7. The Morgan fingerprint density at radius 3 is 2.50 bits per heavy atom. The van der Waals surface area contributed by atoms with Crippen LogP contribution in [0.4, 0.5) is 0 Å². The summed E-state index contributed by atoms with van der Waals surface area (Å²) in [6.45, 7) is 0.352. The largest absolute Gasteiger partial charge is 0.318 e. The van der Waals surface area contributed by atoms with Gasteiger partial charge in [-0.2, -0.15) is 0 Å². The van der Waals surface area contributed by atoms with Crippen molar-refractivity contribution in [2.24, 2.45) is 0 Å². The number of aromatic nitrogens is 3. The van der Waals surface area contributed by atoms with E-state index >= 15 is 0 Å². The summed E-state index contributed by atoms with van der Waals surface area (Å²) in [7, 11) is 0. The van der Waals surface area contributed by atoms with Gasteiger partial charge in [0, 0.05) is 0 Å². The van der Waals surface area contributed by atoms with E-state index in [1.165, 1.54) is 12.7 Å². The van der Waals surface area contributed by atoms with Crippen molar-refractivity contribution >= 4 is 0 Å². The highest BCUT2D eigenvalue weighted by atomic mass is 16.3. The molecule has 0 saturated carbocycles. The van der Waals surface area contributed by atoms with Gasteiger partial charge in [0.1, 0.15) is 19.3 Å². The summed E-state index contributed by atoms with van der Waals surface area (Å²) in [5, 5.41) is 17.0. The van der Waals surface area contributed by atoms with Crippen LogP contribution in [-0.2, 0) is 11.7 Å². The van der Waals surface area contributed by atoms with E-state index in [2.05, 4.69) is 10.2 Å². The molecule has 1 rings (SSSR count). The van der Waals surface area contributed by atoms with Crippen molar-refractivity contribution in [3.05, 3.63) is 12.7 Å². The fraction of sp³-hybridized carbons (Fsp3) is 0.500. The van der Waals surface area contributed by atoms with Gasteiger partial charge in [-0.25, -0.2) is 5.11 Å². The Balaban J connectivity index is 2.50. The summed E-state index contributed by atoms with van der Waals surface area (Å²) in [6.07, 6.45) is 3.05. The minimum atomic E-state index is -0.113. The predicted octanol–water partition coefficient (Wildman–Crippen LogP) is -0.291. The molecular weight excluding hydrogens is 106 g/mol. The zero-order chi connectivity index (χ0) is 5.82. The average Bonchev–Trinajstić information content (AvgIpc) is 2.19. The Morgan fingerprint density at radius 2 is 2.00 bits per heavy atom. The normalized spacial score (nSPS) is 9.62. The monoisotopic (exact) mass is 112 g/mol. The summed E-state index contributed by atoms with van der Waals surface area (Å²) in [5.41, 5.74) is 0. The van der Waals surface area contributed by atoms with Crippen molar-refractivity contribution < 1.29 is 5.11 Å². The quantitative estimate of drug-likeness (QED) is 0.527. The molecule has 0 aromatic carbocycles. The first kappa shape index (κ1) is 5.24. The lowest BCUT2D eigenvalue weighted by molar-refractivity contribution is 0.180. The smallest absolute Gasteiger partial charge is 0.119 e. The molecule has 1 aromatic rings. The molecular formula is C4H6N3O. The van der Waals surface area contributed by atoms with Gasteiger partial charge in [0.15, 0.2) is 0 Å². The molecule has 0 fully saturated rings. The first-order valence-corrected chi connectivity index (χ1v) is 2.34. The van der Waals surface area contributed by atoms with E-state index in [9.17, 15) is 5.11 Å². The Kier molecular flexibility index (Phi) is 1.58. The van der Waals surface area contributed by atoms with E-state index in [0.717, 1.165) is 0 Å². The van der Waals surface area contributed by atoms with E-state index in [1.807, 2.05) is 0 Å². The summed E-state index contributed by atoms with van der Waals surface area (Å²) in [4.78, 5) is 0. The molecule has 0 aliphatic rings. The zero-order valence-electron chi connectivity index (χ0n) is 4.32. The standard InChI is InChI=1S/C4H6N3O/c8-2-1-7-3-5-6-4-7/h3-4H,1-2H2. The van der Waals surface area contributed by atoms with Gasteiger partial charge in [0.2, 0.25) is 0 Å². The van der Waals surface area contributed by atoms with Crippen LogP contribution in [0.15, 0.2) is 12.7 Å². The highest BCUT2D eigenvalue weighted by Crippen LogP contribution is 1.78. The van der Waals surface area contributed by atoms with Crippen molar-refractivity contribution in [1.29, 1.82) is 0 Å². The van der Waals surface area contributed by atoms with Gasteiger partial charge < -0.3 is 4.57 Å². The van der Waals surface area contributed by atoms with Crippen LogP contribution in [0.5, 0.6) is 0 Å². The van der Waals surface area contributed by atoms with Crippen LogP contribution in [0.2, 0.25) is 0 Å². The van der Waals surface area contributed by atoms with Crippen molar-refractivity contribution in [1.82, 2.24) is 14.8 Å². The highest BCUT2D eigenvalue weighted by Gasteiger charge is 1.85. The maximum absolute atomic E-state index is 9.92. The molecule has 0 atom stereocenters. The van der Waals surface area contributed by atoms with E-state index < -0.39 is 0 Å². The molecule has 0 aliphatic carbocycles. The maximum Gasteiger partial charge on any atom is 0.119 e. The molecule has 0 saturated heterocycles. The topological polar surface area (TPSA) is 50.6 Å². The van der Waals surface area contributed by atoms with Gasteiger partial charge >= 0.3 is 0 Å². The third-order valence-corrected chi connectivity index (χ3v) is 0.816. The molecule has 1 radical (unpaired) electrons. The lowest BCUT2D eigenvalue weighted by Gasteiger charge is -1.89. The fourth-order valence-electron chi connectivity index (χ4n) is 0.443. The Hall–Kier alpha value is -0.900. The van der Waals surface area contributed by atoms with Crippen LogP contribution >= 0.6 is 0 Å². The molecule has 0 N–H and O–H groups in total. The molecule has 43 valence electrons. The number of nitrogens with zero attached hydrogens (tertiary/aromatic N) is 3. The second-order valence-electron chi connectivity index (χ2n) is 1.40. The molecule has 4 nitrogen and oxygen atoms in total. The van der Waals surface area contributed by atoms with Crippen LogP contribution in [-0.4, -0.2) is 21.4 Å². The second-order valence-corrected chi connectivity index (χ2v) is 1.40. The third-order valence-electron chi connectivity index (χ3n) is 0.816. The Labute approximate surface area is 46.8 Å². The molecule has 1 heterocycles. The molecule has 8 heavy (non-hydrogen) atoms. The summed E-state index contributed by atoms with van der Waals surface area (Å²) < 4.78 is 1.65. The lowest BCUT2D eigenvalue weighted by Crippen LogP contribution is -1.96. The minimum absolute atomic E-state index is 0.113. The number of hydrogen-bond donors (Lipinski definition) is 0. The molecule has 0 amide bonds. The summed E-state index contributed by atoms with van der Waals surface area (Å²) in [6, 6.07) is 0. The van der Waals surface area contributed by atoms with E-state index in [0.29, 0.717) is 6.54 Å². The van der Waals surface area contributed by atoms with Crippen LogP contribution < -0.4 is 0 Å². The van der Waals surface area contributed by atoms with Crippen molar-refractivity contribution in [2.45, 2.75) is 6.54 Å². The first-order chi connectivity index (χ1) is 3.93. The predicted molar refractivity (Wildman–Crippen MR) is 25.6 cm³/mol. The van der Waals surface area contributed by atoms with Crippen LogP contribution in [0.3, 0.4) is 0 Å². The van der Waals surface area contributed by atoms with Gasteiger partial charge in [0.25, 0.3) is 0 Å². The SMILES string of the molecule is [O]CCn1cnnc1.